The highest BCUT2D eigenvalue weighted by Gasteiger charge is 2.29. The normalized spacial score (nSPS) is 13.3. The van der Waals surface area contributed by atoms with Crippen LogP contribution in [0.4, 0.5) is 11.4 Å². The molecule has 124 valence electrons. The third kappa shape index (κ3) is 4.35. The Bertz CT molecular complexity index is 737. The summed E-state index contributed by atoms with van der Waals surface area (Å²) in [5, 5.41) is 5.75. The van der Waals surface area contributed by atoms with Gasteiger partial charge in [-0.15, -0.1) is 0 Å². The van der Waals surface area contributed by atoms with E-state index in [1.807, 2.05) is 24.3 Å². The van der Waals surface area contributed by atoms with Gasteiger partial charge in [0.1, 0.15) is 0 Å². The predicted molar refractivity (Wildman–Crippen MR) is 94.7 cm³/mol. The molecule has 0 spiro atoms. The topological polar surface area (TPSA) is 84.2 Å². The van der Waals surface area contributed by atoms with Crippen molar-refractivity contribution in [2.24, 2.45) is 5.92 Å². The summed E-state index contributed by atoms with van der Waals surface area (Å²) in [5.41, 5.74) is 8.71. The highest BCUT2D eigenvalue weighted by Crippen LogP contribution is 2.30. The van der Waals surface area contributed by atoms with Crippen LogP contribution in [0.2, 0.25) is 0 Å². The third-order valence-electron chi connectivity index (χ3n) is 4.02. The molecule has 0 saturated heterocycles. The zero-order chi connectivity index (χ0) is 16.9. The SMILES string of the molecule is Nc1ccc(CCNC(=O)c2cccc(NC(=O)C3CC3)c2)cc1. The van der Waals surface area contributed by atoms with Gasteiger partial charge >= 0.3 is 0 Å². The van der Waals surface area contributed by atoms with Crippen LogP contribution in [-0.2, 0) is 11.2 Å². The van der Waals surface area contributed by atoms with E-state index in [0.717, 1.165) is 30.5 Å². The largest absolute Gasteiger partial charge is 0.399 e. The maximum atomic E-state index is 12.2. The fraction of sp³-hybridized carbons (Fsp3) is 0.263. The average molecular weight is 323 g/mol. The summed E-state index contributed by atoms with van der Waals surface area (Å²) in [7, 11) is 0. The van der Waals surface area contributed by atoms with Crippen LogP contribution in [0.1, 0.15) is 28.8 Å². The number of carbonyl (C=O) groups is 2. The average Bonchev–Trinajstić information content (AvgIpc) is 3.42. The smallest absolute Gasteiger partial charge is 0.251 e. The second-order valence-corrected chi connectivity index (χ2v) is 6.09. The Labute approximate surface area is 141 Å². The van der Waals surface area contributed by atoms with E-state index in [1.54, 1.807) is 24.3 Å². The Morgan fingerprint density at radius 3 is 2.54 bits per heavy atom. The van der Waals surface area contributed by atoms with Gasteiger partial charge in [-0.05, 0) is 55.2 Å². The highest BCUT2D eigenvalue weighted by atomic mass is 16.2. The molecule has 2 aromatic rings. The Hall–Kier alpha value is -2.82. The van der Waals surface area contributed by atoms with Crippen molar-refractivity contribution in [1.29, 1.82) is 0 Å². The minimum atomic E-state index is -0.145. The van der Waals surface area contributed by atoms with Crippen LogP contribution < -0.4 is 16.4 Å². The quantitative estimate of drug-likeness (QED) is 0.714. The second kappa shape index (κ2) is 7.17. The van der Waals surface area contributed by atoms with E-state index in [9.17, 15) is 9.59 Å². The van der Waals surface area contributed by atoms with Crippen LogP contribution in [-0.4, -0.2) is 18.4 Å². The summed E-state index contributed by atoms with van der Waals surface area (Å²) in [6, 6.07) is 14.6. The van der Waals surface area contributed by atoms with E-state index in [2.05, 4.69) is 10.6 Å². The van der Waals surface area contributed by atoms with Crippen molar-refractivity contribution in [2.45, 2.75) is 19.3 Å². The van der Waals surface area contributed by atoms with Crippen molar-refractivity contribution in [3.05, 3.63) is 59.7 Å². The van der Waals surface area contributed by atoms with Crippen LogP contribution in [0.5, 0.6) is 0 Å². The van der Waals surface area contributed by atoms with Crippen molar-refractivity contribution in [3.63, 3.8) is 0 Å². The number of hydrogen-bond acceptors (Lipinski definition) is 3. The maximum absolute atomic E-state index is 12.2. The Balaban J connectivity index is 1.52. The van der Waals surface area contributed by atoms with Crippen molar-refractivity contribution in [2.75, 3.05) is 17.6 Å². The summed E-state index contributed by atoms with van der Waals surface area (Å²) in [6.45, 7) is 0.543. The molecule has 0 heterocycles. The summed E-state index contributed by atoms with van der Waals surface area (Å²) in [5.74, 6) is 0.0336. The van der Waals surface area contributed by atoms with E-state index in [4.69, 9.17) is 5.73 Å². The van der Waals surface area contributed by atoms with Gasteiger partial charge < -0.3 is 16.4 Å². The number of carbonyl (C=O) groups excluding carboxylic acids is 2. The molecular formula is C19H21N3O2. The number of amides is 2. The molecule has 0 atom stereocenters. The lowest BCUT2D eigenvalue weighted by Gasteiger charge is -2.08. The first-order valence-electron chi connectivity index (χ1n) is 8.15. The van der Waals surface area contributed by atoms with Crippen LogP contribution in [0, 0.1) is 5.92 Å². The minimum Gasteiger partial charge on any atom is -0.399 e. The Morgan fingerprint density at radius 2 is 1.83 bits per heavy atom. The van der Waals surface area contributed by atoms with Crippen LogP contribution in [0.3, 0.4) is 0 Å². The molecule has 2 amide bonds. The van der Waals surface area contributed by atoms with Gasteiger partial charge in [-0.2, -0.15) is 0 Å². The third-order valence-corrected chi connectivity index (χ3v) is 4.02. The van der Waals surface area contributed by atoms with Gasteiger partial charge in [0.2, 0.25) is 5.91 Å². The number of nitrogen functional groups attached to an aromatic ring is 1. The molecule has 0 bridgehead atoms. The number of nitrogens with one attached hydrogen (secondary N) is 2. The van der Waals surface area contributed by atoms with Crippen molar-refractivity contribution >= 4 is 23.2 Å². The molecule has 1 fully saturated rings. The monoisotopic (exact) mass is 323 g/mol. The van der Waals surface area contributed by atoms with E-state index < -0.39 is 0 Å². The lowest BCUT2D eigenvalue weighted by atomic mass is 10.1. The molecule has 5 heteroatoms. The number of benzene rings is 2. The molecule has 1 saturated carbocycles. The lowest BCUT2D eigenvalue weighted by Crippen LogP contribution is -2.25. The van der Waals surface area contributed by atoms with Gasteiger partial charge in [0.25, 0.3) is 5.91 Å². The summed E-state index contributed by atoms with van der Waals surface area (Å²) in [4.78, 5) is 24.0. The predicted octanol–water partition coefficient (Wildman–Crippen LogP) is 2.59. The van der Waals surface area contributed by atoms with E-state index >= 15 is 0 Å². The molecule has 4 N–H and O–H groups in total. The van der Waals surface area contributed by atoms with Crippen LogP contribution in [0.15, 0.2) is 48.5 Å². The number of hydrogen-bond donors (Lipinski definition) is 3. The molecule has 1 aliphatic carbocycles. The molecule has 0 aromatic heterocycles. The van der Waals surface area contributed by atoms with Gasteiger partial charge in [0, 0.05) is 29.4 Å². The molecule has 3 rings (SSSR count). The molecule has 0 aliphatic heterocycles. The molecule has 1 aliphatic rings. The molecule has 24 heavy (non-hydrogen) atoms. The van der Waals surface area contributed by atoms with Gasteiger partial charge in [-0.3, -0.25) is 9.59 Å². The molecule has 0 unspecified atom stereocenters. The van der Waals surface area contributed by atoms with E-state index in [-0.39, 0.29) is 17.7 Å². The van der Waals surface area contributed by atoms with Gasteiger partial charge in [-0.1, -0.05) is 18.2 Å². The zero-order valence-electron chi connectivity index (χ0n) is 13.4. The Morgan fingerprint density at radius 1 is 1.08 bits per heavy atom. The molecule has 2 aromatic carbocycles. The van der Waals surface area contributed by atoms with Crippen molar-refractivity contribution in [1.82, 2.24) is 5.32 Å². The second-order valence-electron chi connectivity index (χ2n) is 6.09. The fourth-order valence-corrected chi connectivity index (χ4v) is 2.43. The first-order valence-corrected chi connectivity index (χ1v) is 8.15. The zero-order valence-corrected chi connectivity index (χ0v) is 13.4. The van der Waals surface area contributed by atoms with Crippen LogP contribution >= 0.6 is 0 Å². The minimum absolute atomic E-state index is 0.0379. The summed E-state index contributed by atoms with van der Waals surface area (Å²) >= 11 is 0. The molecule has 0 radical (unpaired) electrons. The maximum Gasteiger partial charge on any atom is 0.251 e. The number of anilines is 2. The molecule has 5 nitrogen and oxygen atoms in total. The van der Waals surface area contributed by atoms with Crippen molar-refractivity contribution < 1.29 is 9.59 Å². The van der Waals surface area contributed by atoms with Crippen molar-refractivity contribution in [3.8, 4) is 0 Å². The summed E-state index contributed by atoms with van der Waals surface area (Å²) in [6.07, 6.45) is 2.65. The van der Waals surface area contributed by atoms with Crippen LogP contribution in [0.25, 0.3) is 0 Å². The Kier molecular flexibility index (Phi) is 4.79. The first-order chi connectivity index (χ1) is 11.6. The van der Waals surface area contributed by atoms with E-state index in [1.165, 1.54) is 0 Å². The lowest BCUT2D eigenvalue weighted by molar-refractivity contribution is -0.117. The standard InChI is InChI=1S/C19H21N3O2/c20-16-8-4-13(5-9-16)10-11-21-18(23)15-2-1-3-17(12-15)22-19(24)14-6-7-14/h1-5,8-9,12,14H,6-7,10-11,20H2,(H,21,23)(H,22,24). The van der Waals surface area contributed by atoms with E-state index in [0.29, 0.717) is 17.8 Å². The number of nitrogens with two attached hydrogens (primary N) is 1. The van der Waals surface area contributed by atoms with Gasteiger partial charge in [-0.25, -0.2) is 0 Å². The molecular weight excluding hydrogens is 302 g/mol. The summed E-state index contributed by atoms with van der Waals surface area (Å²) < 4.78 is 0. The first kappa shape index (κ1) is 16.1. The van der Waals surface area contributed by atoms with Gasteiger partial charge in [0.15, 0.2) is 0 Å². The van der Waals surface area contributed by atoms with Gasteiger partial charge in [0.05, 0.1) is 0 Å². The highest BCUT2D eigenvalue weighted by molar-refractivity contribution is 5.98. The number of rotatable bonds is 6. The fourth-order valence-electron chi connectivity index (χ4n) is 2.43.